The van der Waals surface area contributed by atoms with Crippen molar-refractivity contribution in [2.45, 2.75) is 25.0 Å². The number of anilines is 1. The van der Waals surface area contributed by atoms with E-state index in [2.05, 4.69) is 15.5 Å². The Morgan fingerprint density at radius 1 is 1.44 bits per heavy atom. The lowest BCUT2D eigenvalue weighted by Gasteiger charge is -2.10. The molecule has 1 fully saturated rings. The first-order chi connectivity index (χ1) is 7.58. The summed E-state index contributed by atoms with van der Waals surface area (Å²) in [7, 11) is -2.88. The van der Waals surface area contributed by atoms with Crippen LogP contribution in [0.4, 0.5) is 5.82 Å². The Bertz CT molecular complexity index is 455. The highest BCUT2D eigenvalue weighted by atomic mass is 32.2. The zero-order chi connectivity index (χ0) is 11.6. The average molecular weight is 241 g/mol. The van der Waals surface area contributed by atoms with E-state index in [1.807, 2.05) is 19.1 Å². The van der Waals surface area contributed by atoms with Gasteiger partial charge >= 0.3 is 0 Å². The second-order valence-corrected chi connectivity index (χ2v) is 6.47. The molecule has 1 aliphatic rings. The van der Waals surface area contributed by atoms with Gasteiger partial charge in [0.05, 0.1) is 16.7 Å². The SMILES string of the molecule is Cc1ccc(NCC2CCCS2(=O)=O)nn1. The summed E-state index contributed by atoms with van der Waals surface area (Å²) in [4.78, 5) is 0. The molecular weight excluding hydrogens is 226 g/mol. The van der Waals surface area contributed by atoms with Gasteiger partial charge in [-0.15, -0.1) is 5.10 Å². The molecule has 1 unspecified atom stereocenters. The molecule has 2 rings (SSSR count). The van der Waals surface area contributed by atoms with Crippen molar-refractivity contribution in [2.24, 2.45) is 0 Å². The topological polar surface area (TPSA) is 72.0 Å². The molecule has 0 spiro atoms. The van der Waals surface area contributed by atoms with E-state index < -0.39 is 9.84 Å². The number of hydrogen-bond donors (Lipinski definition) is 1. The molecule has 88 valence electrons. The van der Waals surface area contributed by atoms with Gasteiger partial charge in [0.15, 0.2) is 9.84 Å². The minimum atomic E-state index is -2.88. The number of hydrogen-bond acceptors (Lipinski definition) is 5. The molecule has 1 aromatic heterocycles. The van der Waals surface area contributed by atoms with Crippen molar-refractivity contribution in [3.8, 4) is 0 Å². The lowest BCUT2D eigenvalue weighted by Crippen LogP contribution is -2.25. The number of nitrogens with one attached hydrogen (secondary N) is 1. The van der Waals surface area contributed by atoms with E-state index in [0.717, 1.165) is 18.5 Å². The Morgan fingerprint density at radius 2 is 2.25 bits per heavy atom. The Balaban J connectivity index is 1.95. The van der Waals surface area contributed by atoms with Crippen LogP contribution in [0.25, 0.3) is 0 Å². The lowest BCUT2D eigenvalue weighted by atomic mass is 10.2. The maximum absolute atomic E-state index is 11.6. The van der Waals surface area contributed by atoms with Gasteiger partial charge in [0.1, 0.15) is 5.82 Å². The molecule has 2 heterocycles. The van der Waals surface area contributed by atoms with E-state index in [-0.39, 0.29) is 5.25 Å². The molecule has 1 saturated heterocycles. The molecule has 1 atom stereocenters. The monoisotopic (exact) mass is 241 g/mol. The highest BCUT2D eigenvalue weighted by Gasteiger charge is 2.30. The quantitative estimate of drug-likeness (QED) is 0.846. The van der Waals surface area contributed by atoms with Crippen molar-refractivity contribution in [1.29, 1.82) is 0 Å². The van der Waals surface area contributed by atoms with Crippen LogP contribution < -0.4 is 5.32 Å². The van der Waals surface area contributed by atoms with Crippen LogP contribution in [0.2, 0.25) is 0 Å². The molecule has 0 saturated carbocycles. The van der Waals surface area contributed by atoms with E-state index in [9.17, 15) is 8.42 Å². The largest absolute Gasteiger partial charge is 0.367 e. The summed E-state index contributed by atoms with van der Waals surface area (Å²) in [6.07, 6.45) is 1.52. The second kappa shape index (κ2) is 4.37. The fourth-order valence-corrected chi connectivity index (χ4v) is 3.56. The molecule has 0 amide bonds. The van der Waals surface area contributed by atoms with Gasteiger partial charge in [0.25, 0.3) is 0 Å². The third kappa shape index (κ3) is 2.49. The van der Waals surface area contributed by atoms with Gasteiger partial charge in [-0.1, -0.05) is 0 Å². The maximum Gasteiger partial charge on any atom is 0.154 e. The van der Waals surface area contributed by atoms with Crippen LogP contribution in [-0.2, 0) is 9.84 Å². The van der Waals surface area contributed by atoms with Crippen LogP contribution in [0.1, 0.15) is 18.5 Å². The van der Waals surface area contributed by atoms with Gasteiger partial charge in [-0.05, 0) is 31.9 Å². The molecule has 1 N–H and O–H groups in total. The second-order valence-electron chi connectivity index (χ2n) is 4.07. The zero-order valence-electron chi connectivity index (χ0n) is 9.18. The summed E-state index contributed by atoms with van der Waals surface area (Å²) in [5, 5.41) is 10.6. The van der Waals surface area contributed by atoms with Gasteiger partial charge in [-0.25, -0.2) is 8.42 Å². The van der Waals surface area contributed by atoms with Crippen molar-refractivity contribution in [3.63, 3.8) is 0 Å². The average Bonchev–Trinajstić information content (AvgIpc) is 2.57. The standard InChI is InChI=1S/C10H15N3O2S/c1-8-4-5-10(13-12-8)11-7-9-3-2-6-16(9,14)15/h4-5,9H,2-3,6-7H2,1H3,(H,11,13). The summed E-state index contributed by atoms with van der Waals surface area (Å²) in [5.41, 5.74) is 0.846. The molecule has 0 bridgehead atoms. The van der Waals surface area contributed by atoms with Crippen molar-refractivity contribution >= 4 is 15.7 Å². The highest BCUT2D eigenvalue weighted by molar-refractivity contribution is 7.92. The molecule has 0 aliphatic carbocycles. The Morgan fingerprint density at radius 3 is 2.81 bits per heavy atom. The summed E-state index contributed by atoms with van der Waals surface area (Å²) in [5.74, 6) is 0.951. The number of sulfone groups is 1. The molecule has 5 nitrogen and oxygen atoms in total. The minimum Gasteiger partial charge on any atom is -0.367 e. The zero-order valence-corrected chi connectivity index (χ0v) is 10.00. The van der Waals surface area contributed by atoms with Crippen molar-refractivity contribution in [2.75, 3.05) is 17.6 Å². The summed E-state index contributed by atoms with van der Waals surface area (Å²) in [6.45, 7) is 2.29. The van der Waals surface area contributed by atoms with Crippen LogP contribution in [0, 0.1) is 6.92 Å². The van der Waals surface area contributed by atoms with E-state index in [0.29, 0.717) is 18.1 Å². The van der Waals surface area contributed by atoms with E-state index >= 15 is 0 Å². The minimum absolute atomic E-state index is 0.268. The Labute approximate surface area is 95.2 Å². The van der Waals surface area contributed by atoms with E-state index in [4.69, 9.17) is 0 Å². The number of aromatic nitrogens is 2. The van der Waals surface area contributed by atoms with Gasteiger partial charge in [-0.3, -0.25) is 0 Å². The third-order valence-corrected chi connectivity index (χ3v) is 5.05. The van der Waals surface area contributed by atoms with Crippen LogP contribution in [0.3, 0.4) is 0 Å². The van der Waals surface area contributed by atoms with Crippen LogP contribution in [-0.4, -0.2) is 36.2 Å². The molecule has 0 aromatic carbocycles. The van der Waals surface area contributed by atoms with Crippen LogP contribution in [0.5, 0.6) is 0 Å². The predicted octanol–water partition coefficient (Wildman–Crippen LogP) is 0.774. The molecule has 6 heteroatoms. The summed E-state index contributed by atoms with van der Waals surface area (Å²) in [6, 6.07) is 3.66. The van der Waals surface area contributed by atoms with Crippen molar-refractivity contribution in [3.05, 3.63) is 17.8 Å². The predicted molar refractivity (Wildman–Crippen MR) is 62.1 cm³/mol. The van der Waals surface area contributed by atoms with E-state index in [1.54, 1.807) is 0 Å². The smallest absolute Gasteiger partial charge is 0.154 e. The van der Waals surface area contributed by atoms with E-state index in [1.165, 1.54) is 0 Å². The molecule has 1 aliphatic heterocycles. The fraction of sp³-hybridized carbons (Fsp3) is 0.600. The first kappa shape index (κ1) is 11.3. The molecule has 1 aromatic rings. The van der Waals surface area contributed by atoms with Crippen molar-refractivity contribution in [1.82, 2.24) is 10.2 Å². The first-order valence-corrected chi connectivity index (χ1v) is 7.05. The normalized spacial score (nSPS) is 23.2. The van der Waals surface area contributed by atoms with Gasteiger partial charge in [-0.2, -0.15) is 5.10 Å². The summed E-state index contributed by atoms with van der Waals surface area (Å²) < 4.78 is 23.1. The Hall–Kier alpha value is -1.17. The summed E-state index contributed by atoms with van der Waals surface area (Å²) >= 11 is 0. The number of nitrogens with zero attached hydrogens (tertiary/aromatic N) is 2. The number of rotatable bonds is 3. The lowest BCUT2D eigenvalue weighted by molar-refractivity contribution is 0.591. The molecule has 16 heavy (non-hydrogen) atoms. The molecular formula is C10H15N3O2S. The first-order valence-electron chi connectivity index (χ1n) is 5.34. The van der Waals surface area contributed by atoms with Crippen LogP contribution in [0.15, 0.2) is 12.1 Å². The maximum atomic E-state index is 11.6. The van der Waals surface area contributed by atoms with Gasteiger partial charge in [0, 0.05) is 6.54 Å². The van der Waals surface area contributed by atoms with Gasteiger partial charge < -0.3 is 5.32 Å². The van der Waals surface area contributed by atoms with Gasteiger partial charge in [0.2, 0.25) is 0 Å². The van der Waals surface area contributed by atoms with Crippen molar-refractivity contribution < 1.29 is 8.42 Å². The fourth-order valence-electron chi connectivity index (χ4n) is 1.80. The number of aryl methyl sites for hydroxylation is 1. The van der Waals surface area contributed by atoms with Crippen LogP contribution >= 0.6 is 0 Å². The third-order valence-electron chi connectivity index (χ3n) is 2.77. The highest BCUT2D eigenvalue weighted by Crippen LogP contribution is 2.20. The Kier molecular flexibility index (Phi) is 3.09. The molecule has 0 radical (unpaired) electrons.